The van der Waals surface area contributed by atoms with Crippen molar-refractivity contribution in [2.24, 2.45) is 0 Å². The molecule has 2 fully saturated rings. The molecule has 7 nitrogen and oxygen atoms in total. The van der Waals surface area contributed by atoms with Crippen molar-refractivity contribution < 1.29 is 4.74 Å². The number of ether oxygens (including phenoxy) is 1. The van der Waals surface area contributed by atoms with E-state index in [0.29, 0.717) is 6.04 Å². The Morgan fingerprint density at radius 1 is 0.818 bits per heavy atom. The van der Waals surface area contributed by atoms with Gasteiger partial charge in [0.1, 0.15) is 17.1 Å². The topological polar surface area (TPSA) is 72.3 Å². The van der Waals surface area contributed by atoms with E-state index in [-0.39, 0.29) is 11.6 Å². The number of anilines is 1. The molecule has 0 amide bonds. The average Bonchev–Trinajstić information content (AvgIpc) is 3.60. The normalized spacial score (nSPS) is 16.0. The Kier molecular flexibility index (Phi) is 8.37. The first-order valence-corrected chi connectivity index (χ1v) is 16.0. The number of aromatic nitrogens is 3. The third kappa shape index (κ3) is 6.24. The van der Waals surface area contributed by atoms with Crippen molar-refractivity contribution >= 4 is 17.0 Å². The van der Waals surface area contributed by atoms with Crippen molar-refractivity contribution in [3.63, 3.8) is 0 Å². The van der Waals surface area contributed by atoms with Gasteiger partial charge in [-0.3, -0.25) is 9.36 Å². The SMILES string of the molecule is O=c1cc(-c2ccc(Oc3ccccc3)cc2)c2cnc(N3CCC(NCCc4ccccc4)CC3)nc2n1C1CCCC1. The molecule has 224 valence electrons. The van der Waals surface area contributed by atoms with Gasteiger partial charge in [-0.15, -0.1) is 0 Å². The zero-order valence-electron chi connectivity index (χ0n) is 25.1. The zero-order chi connectivity index (χ0) is 29.7. The summed E-state index contributed by atoms with van der Waals surface area (Å²) in [7, 11) is 0. The van der Waals surface area contributed by atoms with Gasteiger partial charge in [0, 0.05) is 42.8 Å². The van der Waals surface area contributed by atoms with E-state index in [4.69, 9.17) is 14.7 Å². The molecule has 1 saturated carbocycles. The largest absolute Gasteiger partial charge is 0.457 e. The van der Waals surface area contributed by atoms with Gasteiger partial charge in [0.15, 0.2) is 0 Å². The maximum Gasteiger partial charge on any atom is 0.253 e. The molecule has 7 heteroatoms. The van der Waals surface area contributed by atoms with E-state index >= 15 is 0 Å². The van der Waals surface area contributed by atoms with Crippen molar-refractivity contribution in [3.05, 3.63) is 113 Å². The molecule has 2 aromatic heterocycles. The predicted molar refractivity (Wildman–Crippen MR) is 177 cm³/mol. The molecule has 3 heterocycles. The van der Waals surface area contributed by atoms with Crippen LogP contribution in [0.3, 0.4) is 0 Å². The summed E-state index contributed by atoms with van der Waals surface area (Å²) in [6, 6.07) is 30.7. The summed E-state index contributed by atoms with van der Waals surface area (Å²) in [4.78, 5) is 26.0. The molecule has 2 aliphatic rings. The molecule has 1 aliphatic carbocycles. The van der Waals surface area contributed by atoms with Crippen LogP contribution >= 0.6 is 0 Å². The Balaban J connectivity index is 1.12. The second-order valence-corrected chi connectivity index (χ2v) is 12.0. The van der Waals surface area contributed by atoms with Gasteiger partial charge in [-0.2, -0.15) is 4.98 Å². The van der Waals surface area contributed by atoms with Gasteiger partial charge in [0.05, 0.1) is 0 Å². The maximum atomic E-state index is 13.7. The van der Waals surface area contributed by atoms with Gasteiger partial charge in [-0.05, 0) is 79.6 Å². The van der Waals surface area contributed by atoms with Crippen molar-refractivity contribution in [2.75, 3.05) is 24.5 Å². The van der Waals surface area contributed by atoms with Crippen LogP contribution in [0.25, 0.3) is 22.2 Å². The molecule has 0 spiro atoms. The molecule has 3 aromatic carbocycles. The monoisotopic (exact) mass is 585 g/mol. The lowest BCUT2D eigenvalue weighted by molar-refractivity contribution is 0.415. The third-order valence-electron chi connectivity index (χ3n) is 9.08. The Hall–Kier alpha value is -4.49. The number of hydrogen-bond acceptors (Lipinski definition) is 6. The summed E-state index contributed by atoms with van der Waals surface area (Å²) in [5.41, 5.74) is 3.93. The van der Waals surface area contributed by atoms with Crippen LogP contribution in [0, 0.1) is 0 Å². The third-order valence-corrected chi connectivity index (χ3v) is 9.08. The Morgan fingerprint density at radius 2 is 1.50 bits per heavy atom. The van der Waals surface area contributed by atoms with Gasteiger partial charge in [0.2, 0.25) is 5.95 Å². The molecule has 1 aliphatic heterocycles. The number of nitrogens with one attached hydrogen (secondary N) is 1. The van der Waals surface area contributed by atoms with Crippen LogP contribution in [0.4, 0.5) is 5.95 Å². The number of nitrogens with zero attached hydrogens (tertiary/aromatic N) is 4. The van der Waals surface area contributed by atoms with Crippen LogP contribution < -0.4 is 20.5 Å². The van der Waals surface area contributed by atoms with Crippen molar-refractivity contribution in [1.29, 1.82) is 0 Å². The lowest BCUT2D eigenvalue weighted by atomic mass is 10.0. The van der Waals surface area contributed by atoms with Gasteiger partial charge in [-0.1, -0.05) is 73.5 Å². The summed E-state index contributed by atoms with van der Waals surface area (Å²) in [5, 5.41) is 4.66. The summed E-state index contributed by atoms with van der Waals surface area (Å²) in [6.07, 6.45) is 9.37. The predicted octanol–water partition coefficient (Wildman–Crippen LogP) is 7.17. The molecule has 0 radical (unpaired) electrons. The van der Waals surface area contributed by atoms with Crippen LogP contribution in [-0.4, -0.2) is 40.2 Å². The molecule has 0 unspecified atom stereocenters. The zero-order valence-corrected chi connectivity index (χ0v) is 25.1. The fourth-order valence-electron chi connectivity index (χ4n) is 6.70. The summed E-state index contributed by atoms with van der Waals surface area (Å²) in [5.74, 6) is 2.26. The lowest BCUT2D eigenvalue weighted by Gasteiger charge is -2.32. The summed E-state index contributed by atoms with van der Waals surface area (Å²) >= 11 is 0. The highest BCUT2D eigenvalue weighted by molar-refractivity contribution is 5.92. The number of pyridine rings is 1. The van der Waals surface area contributed by atoms with Gasteiger partial charge < -0.3 is 15.0 Å². The highest BCUT2D eigenvalue weighted by atomic mass is 16.5. The van der Waals surface area contributed by atoms with Crippen LogP contribution in [0.2, 0.25) is 0 Å². The minimum Gasteiger partial charge on any atom is -0.457 e. The quantitative estimate of drug-likeness (QED) is 0.198. The Bertz CT molecular complexity index is 1740. The maximum absolute atomic E-state index is 13.7. The second kappa shape index (κ2) is 13.0. The van der Waals surface area contributed by atoms with Gasteiger partial charge in [0.25, 0.3) is 5.56 Å². The second-order valence-electron chi connectivity index (χ2n) is 12.0. The number of hydrogen-bond donors (Lipinski definition) is 1. The molecular weight excluding hydrogens is 546 g/mol. The van der Waals surface area contributed by atoms with E-state index in [1.807, 2.05) is 65.4 Å². The van der Waals surface area contributed by atoms with Crippen molar-refractivity contribution in [1.82, 2.24) is 19.9 Å². The average molecular weight is 586 g/mol. The fourth-order valence-corrected chi connectivity index (χ4v) is 6.70. The van der Waals surface area contributed by atoms with Gasteiger partial charge >= 0.3 is 0 Å². The first-order chi connectivity index (χ1) is 21.7. The molecular formula is C37H39N5O2. The lowest BCUT2D eigenvalue weighted by Crippen LogP contribution is -2.43. The molecule has 0 bridgehead atoms. The van der Waals surface area contributed by atoms with Crippen LogP contribution in [-0.2, 0) is 6.42 Å². The van der Waals surface area contributed by atoms with Crippen LogP contribution in [0.1, 0.15) is 50.1 Å². The van der Waals surface area contributed by atoms with E-state index in [1.165, 1.54) is 5.56 Å². The van der Waals surface area contributed by atoms with Crippen LogP contribution in [0.15, 0.2) is 102 Å². The number of para-hydroxylation sites is 1. The first kappa shape index (κ1) is 28.3. The van der Waals surface area contributed by atoms with E-state index in [0.717, 1.165) is 104 Å². The summed E-state index contributed by atoms with van der Waals surface area (Å²) < 4.78 is 7.94. The number of fused-ring (bicyclic) bond motifs is 1. The molecule has 7 rings (SSSR count). The smallest absolute Gasteiger partial charge is 0.253 e. The molecule has 0 atom stereocenters. The highest BCUT2D eigenvalue weighted by Gasteiger charge is 2.25. The standard InChI is InChI=1S/C37H39N5O2/c43-35-25-33(28-15-17-32(18-16-28)44-31-13-5-2-6-14-31)34-26-39-37(40-36(34)42(35)30-11-7-8-12-30)41-23-20-29(21-24-41)38-22-19-27-9-3-1-4-10-27/h1-6,9-10,13-18,25-26,29-30,38H,7-8,11-12,19-24H2. The molecule has 5 aromatic rings. The van der Waals surface area contributed by atoms with Gasteiger partial charge in [-0.25, -0.2) is 4.98 Å². The minimum atomic E-state index is 0.00925. The van der Waals surface area contributed by atoms with Crippen LogP contribution in [0.5, 0.6) is 11.5 Å². The first-order valence-electron chi connectivity index (χ1n) is 16.0. The molecule has 1 N–H and O–H groups in total. The van der Waals surface area contributed by atoms with E-state index in [9.17, 15) is 4.79 Å². The Labute approximate surface area is 258 Å². The molecule has 1 saturated heterocycles. The van der Waals surface area contributed by atoms with E-state index in [2.05, 4.69) is 40.5 Å². The van der Waals surface area contributed by atoms with E-state index in [1.54, 1.807) is 6.07 Å². The fraction of sp³-hybridized carbons (Fsp3) is 0.324. The highest BCUT2D eigenvalue weighted by Crippen LogP contribution is 2.35. The van der Waals surface area contributed by atoms with Crippen molar-refractivity contribution in [2.45, 2.75) is 57.0 Å². The number of benzene rings is 3. The van der Waals surface area contributed by atoms with Crippen molar-refractivity contribution in [3.8, 4) is 22.6 Å². The minimum absolute atomic E-state index is 0.00925. The number of rotatable bonds is 9. The summed E-state index contributed by atoms with van der Waals surface area (Å²) in [6.45, 7) is 2.77. The molecule has 44 heavy (non-hydrogen) atoms. The number of piperidine rings is 1. The Morgan fingerprint density at radius 3 is 2.23 bits per heavy atom. The van der Waals surface area contributed by atoms with E-state index < -0.39 is 0 Å².